The monoisotopic (exact) mass is 382 g/mol. The molecule has 0 aliphatic rings. The van der Waals surface area contributed by atoms with Crippen LogP contribution in [0, 0.1) is 0 Å². The van der Waals surface area contributed by atoms with Gasteiger partial charge in [0.2, 0.25) is 5.91 Å². The summed E-state index contributed by atoms with van der Waals surface area (Å²) in [5.41, 5.74) is 6.80. The van der Waals surface area contributed by atoms with E-state index in [9.17, 15) is 19.1 Å². The summed E-state index contributed by atoms with van der Waals surface area (Å²) in [5.74, 6) is -0.612. The molecule has 0 spiro atoms. The van der Waals surface area contributed by atoms with Crippen LogP contribution in [-0.2, 0) is 9.85 Å². The highest BCUT2D eigenvalue weighted by Gasteiger charge is 2.50. The van der Waals surface area contributed by atoms with Gasteiger partial charge in [0.25, 0.3) is 0 Å². The average Bonchev–Trinajstić information content (AvgIpc) is 2.67. The van der Waals surface area contributed by atoms with Gasteiger partial charge >= 0.3 is 7.60 Å². The SMILES string of the molecule is NC(=O)c1ccc(C(Nc2ccccc2)(c2ccccc2)P(=O)(O)O)cc1. The molecular weight excluding hydrogens is 363 g/mol. The van der Waals surface area contributed by atoms with E-state index in [1.54, 1.807) is 54.6 Å². The Kier molecular flexibility index (Phi) is 5.15. The first-order valence-electron chi connectivity index (χ1n) is 8.19. The van der Waals surface area contributed by atoms with Crippen LogP contribution in [0.5, 0.6) is 0 Å². The number of rotatable bonds is 6. The maximum Gasteiger partial charge on any atom is 0.359 e. The van der Waals surface area contributed by atoms with Crippen LogP contribution in [0.3, 0.4) is 0 Å². The van der Waals surface area contributed by atoms with E-state index < -0.39 is 18.8 Å². The van der Waals surface area contributed by atoms with Crippen LogP contribution < -0.4 is 11.1 Å². The van der Waals surface area contributed by atoms with Gasteiger partial charge in [0.1, 0.15) is 0 Å². The molecular formula is C20H19N2O4P. The van der Waals surface area contributed by atoms with Crippen LogP contribution in [0.15, 0.2) is 84.9 Å². The predicted octanol–water partition coefficient (Wildman–Crippen LogP) is 3.28. The molecule has 0 aliphatic carbocycles. The lowest BCUT2D eigenvalue weighted by Crippen LogP contribution is -2.36. The number of carbonyl (C=O) groups excluding carboxylic acids is 1. The molecule has 138 valence electrons. The first-order valence-corrected chi connectivity index (χ1v) is 9.80. The minimum atomic E-state index is -4.78. The number of hydrogen-bond donors (Lipinski definition) is 4. The van der Waals surface area contributed by atoms with Gasteiger partial charge in [-0.15, -0.1) is 0 Å². The zero-order valence-electron chi connectivity index (χ0n) is 14.3. The molecule has 3 aromatic rings. The average molecular weight is 382 g/mol. The first kappa shape index (κ1) is 18.9. The molecule has 0 heterocycles. The Balaban J connectivity index is 2.26. The zero-order valence-corrected chi connectivity index (χ0v) is 15.2. The van der Waals surface area contributed by atoms with Gasteiger partial charge in [0.05, 0.1) is 0 Å². The first-order chi connectivity index (χ1) is 12.8. The second kappa shape index (κ2) is 7.37. The molecule has 27 heavy (non-hydrogen) atoms. The quantitative estimate of drug-likeness (QED) is 0.489. The van der Waals surface area contributed by atoms with Crippen molar-refractivity contribution in [1.29, 1.82) is 0 Å². The summed E-state index contributed by atoms with van der Waals surface area (Å²) in [4.78, 5) is 32.2. The molecule has 0 saturated carbocycles. The highest BCUT2D eigenvalue weighted by Crippen LogP contribution is 2.60. The molecule has 0 fully saturated rings. The Morgan fingerprint density at radius 2 is 1.30 bits per heavy atom. The topological polar surface area (TPSA) is 113 Å². The predicted molar refractivity (Wildman–Crippen MR) is 104 cm³/mol. The van der Waals surface area contributed by atoms with Crippen LogP contribution in [0.4, 0.5) is 5.69 Å². The highest BCUT2D eigenvalue weighted by molar-refractivity contribution is 7.53. The minimum absolute atomic E-state index is 0.256. The molecule has 0 radical (unpaired) electrons. The summed E-state index contributed by atoms with van der Waals surface area (Å²) in [6, 6.07) is 23.2. The van der Waals surface area contributed by atoms with E-state index in [0.29, 0.717) is 16.8 Å². The van der Waals surface area contributed by atoms with Crippen molar-refractivity contribution in [3.63, 3.8) is 0 Å². The molecule has 0 aliphatic heterocycles. The number of nitrogens with one attached hydrogen (secondary N) is 1. The van der Waals surface area contributed by atoms with Crippen molar-refractivity contribution in [2.45, 2.75) is 5.28 Å². The second-order valence-electron chi connectivity index (χ2n) is 6.05. The van der Waals surface area contributed by atoms with Gasteiger partial charge in [0, 0.05) is 11.3 Å². The molecule has 5 N–H and O–H groups in total. The molecule has 3 aromatic carbocycles. The molecule has 6 nitrogen and oxygen atoms in total. The fourth-order valence-electron chi connectivity index (χ4n) is 3.01. The lowest BCUT2D eigenvalue weighted by atomic mass is 9.96. The summed E-state index contributed by atoms with van der Waals surface area (Å²) in [6.07, 6.45) is 0. The Bertz CT molecular complexity index is 972. The van der Waals surface area contributed by atoms with Crippen LogP contribution >= 0.6 is 7.60 Å². The van der Waals surface area contributed by atoms with E-state index in [4.69, 9.17) is 5.73 Å². The molecule has 0 aromatic heterocycles. The Morgan fingerprint density at radius 1 is 0.815 bits per heavy atom. The van der Waals surface area contributed by atoms with E-state index in [2.05, 4.69) is 5.32 Å². The van der Waals surface area contributed by atoms with Gasteiger partial charge in [-0.1, -0.05) is 60.7 Å². The summed E-state index contributed by atoms with van der Waals surface area (Å²) < 4.78 is 12.8. The third-order valence-electron chi connectivity index (χ3n) is 4.31. The van der Waals surface area contributed by atoms with E-state index in [-0.39, 0.29) is 5.56 Å². The van der Waals surface area contributed by atoms with Crippen molar-refractivity contribution in [3.05, 3.63) is 102 Å². The van der Waals surface area contributed by atoms with Crippen LogP contribution in [0.1, 0.15) is 21.5 Å². The second-order valence-corrected chi connectivity index (χ2v) is 7.81. The summed E-state index contributed by atoms with van der Waals surface area (Å²) >= 11 is 0. The van der Waals surface area contributed by atoms with Crippen molar-refractivity contribution in [2.24, 2.45) is 5.73 Å². The Morgan fingerprint density at radius 3 is 1.78 bits per heavy atom. The number of amides is 1. The van der Waals surface area contributed by atoms with Crippen molar-refractivity contribution in [2.75, 3.05) is 5.32 Å². The Labute approximate surface area is 156 Å². The van der Waals surface area contributed by atoms with Crippen molar-refractivity contribution in [3.8, 4) is 0 Å². The third-order valence-corrected chi connectivity index (χ3v) is 5.82. The maximum absolute atomic E-state index is 12.8. The standard InChI is InChI=1S/C20H19N2O4P/c21-19(23)15-11-13-17(14-12-15)20(27(24,25)26,16-7-3-1-4-8-16)22-18-9-5-2-6-10-18/h1-14,22H,(H2,21,23)(H2,24,25,26). The van der Waals surface area contributed by atoms with Gasteiger partial charge in [-0.3, -0.25) is 9.36 Å². The number of hydrogen-bond acceptors (Lipinski definition) is 3. The molecule has 1 atom stereocenters. The van der Waals surface area contributed by atoms with Gasteiger partial charge < -0.3 is 20.8 Å². The molecule has 3 rings (SSSR count). The normalized spacial score (nSPS) is 13.6. The van der Waals surface area contributed by atoms with Gasteiger partial charge in [-0.05, 0) is 35.4 Å². The van der Waals surface area contributed by atoms with Crippen molar-refractivity contribution >= 4 is 19.2 Å². The van der Waals surface area contributed by atoms with Gasteiger partial charge in [0.15, 0.2) is 5.28 Å². The smallest absolute Gasteiger partial charge is 0.359 e. The summed E-state index contributed by atoms with van der Waals surface area (Å²) in [7, 11) is -4.78. The fraction of sp³-hybridized carbons (Fsp3) is 0.0500. The van der Waals surface area contributed by atoms with Crippen molar-refractivity contribution < 1.29 is 19.1 Å². The van der Waals surface area contributed by atoms with Crippen LogP contribution in [0.25, 0.3) is 0 Å². The van der Waals surface area contributed by atoms with E-state index in [0.717, 1.165) is 0 Å². The lowest BCUT2D eigenvalue weighted by molar-refractivity contribution is 0.1000. The van der Waals surface area contributed by atoms with Gasteiger partial charge in [-0.25, -0.2) is 0 Å². The molecule has 0 bridgehead atoms. The lowest BCUT2D eigenvalue weighted by Gasteiger charge is -2.37. The van der Waals surface area contributed by atoms with Crippen molar-refractivity contribution in [1.82, 2.24) is 0 Å². The minimum Gasteiger partial charge on any atom is -0.366 e. The number of benzene rings is 3. The number of primary amides is 1. The number of carbonyl (C=O) groups is 1. The Hall–Kier alpha value is -2.92. The molecule has 7 heteroatoms. The summed E-state index contributed by atoms with van der Waals surface area (Å²) in [5, 5.41) is 1.21. The van der Waals surface area contributed by atoms with E-state index in [1.165, 1.54) is 24.3 Å². The largest absolute Gasteiger partial charge is 0.366 e. The molecule has 1 amide bonds. The maximum atomic E-state index is 12.8. The van der Waals surface area contributed by atoms with Gasteiger partial charge in [-0.2, -0.15) is 0 Å². The highest BCUT2D eigenvalue weighted by atomic mass is 31.2. The van der Waals surface area contributed by atoms with Crippen LogP contribution in [0.2, 0.25) is 0 Å². The molecule has 1 unspecified atom stereocenters. The third kappa shape index (κ3) is 3.64. The van der Waals surface area contributed by atoms with E-state index in [1.807, 2.05) is 6.07 Å². The number of nitrogens with two attached hydrogens (primary N) is 1. The van der Waals surface area contributed by atoms with E-state index >= 15 is 0 Å². The molecule has 0 saturated heterocycles. The zero-order chi connectivity index (χ0) is 19.5. The summed E-state index contributed by atoms with van der Waals surface area (Å²) in [6.45, 7) is 0. The van der Waals surface area contributed by atoms with Crippen LogP contribution in [-0.4, -0.2) is 15.7 Å². The number of anilines is 1. The number of para-hydroxylation sites is 1. The fourth-order valence-corrected chi connectivity index (χ4v) is 4.25.